The lowest BCUT2D eigenvalue weighted by Gasteiger charge is -2.24. The van der Waals surface area contributed by atoms with Gasteiger partial charge in [0.05, 0.1) is 22.4 Å². The molecule has 1 aliphatic carbocycles. The second kappa shape index (κ2) is 9.38. The maximum Gasteiger partial charge on any atom is 0.240 e. The molecule has 8 nitrogen and oxygen atoms in total. The van der Waals surface area contributed by atoms with Crippen LogP contribution in [0.25, 0.3) is 5.69 Å². The molecule has 9 heteroatoms. The summed E-state index contributed by atoms with van der Waals surface area (Å²) in [6.07, 6.45) is 1.98. The Bertz CT molecular complexity index is 1410. The second-order valence-corrected chi connectivity index (χ2v) is 12.3. The summed E-state index contributed by atoms with van der Waals surface area (Å²) < 4.78 is 13.1. The first-order valence-corrected chi connectivity index (χ1v) is 14.1. The summed E-state index contributed by atoms with van der Waals surface area (Å²) in [7, 11) is 0. The van der Waals surface area contributed by atoms with Crippen LogP contribution in [0.15, 0.2) is 42.5 Å². The molecule has 1 saturated carbocycles. The third-order valence-corrected chi connectivity index (χ3v) is 8.28. The van der Waals surface area contributed by atoms with Crippen molar-refractivity contribution in [2.45, 2.75) is 57.2 Å². The molecule has 3 aromatic rings. The van der Waals surface area contributed by atoms with Crippen molar-refractivity contribution in [1.82, 2.24) is 15.1 Å². The van der Waals surface area contributed by atoms with Crippen molar-refractivity contribution in [3.8, 4) is 17.2 Å². The molecule has 1 fully saturated rings. The van der Waals surface area contributed by atoms with Crippen LogP contribution in [-0.2, 0) is 15.0 Å². The molecular weight excluding hydrogens is 500 g/mol. The number of anilines is 1. The van der Waals surface area contributed by atoms with Crippen LogP contribution in [0.3, 0.4) is 0 Å². The van der Waals surface area contributed by atoms with E-state index in [1.54, 1.807) is 16.7 Å². The lowest BCUT2D eigenvalue weighted by atomic mass is 9.87. The first kappa shape index (κ1) is 24.9. The number of fused-ring (bicyclic) bond motifs is 2. The molecule has 198 valence electrons. The van der Waals surface area contributed by atoms with Gasteiger partial charge in [-0.2, -0.15) is 5.10 Å². The smallest absolute Gasteiger partial charge is 0.240 e. The van der Waals surface area contributed by atoms with Gasteiger partial charge in [0.15, 0.2) is 11.5 Å². The summed E-state index contributed by atoms with van der Waals surface area (Å²) in [5.74, 6) is 2.05. The van der Waals surface area contributed by atoms with E-state index in [0.29, 0.717) is 17.3 Å². The Morgan fingerprint density at radius 2 is 1.84 bits per heavy atom. The van der Waals surface area contributed by atoms with E-state index in [2.05, 4.69) is 26.1 Å². The molecule has 2 aliphatic heterocycles. The Morgan fingerprint density at radius 1 is 1.11 bits per heavy atom. The van der Waals surface area contributed by atoms with Crippen LogP contribution in [-0.4, -0.2) is 46.7 Å². The number of amides is 2. The zero-order valence-electron chi connectivity index (χ0n) is 22.1. The van der Waals surface area contributed by atoms with E-state index >= 15 is 0 Å². The number of benzene rings is 2. The van der Waals surface area contributed by atoms with E-state index in [1.165, 1.54) is 0 Å². The van der Waals surface area contributed by atoms with Gasteiger partial charge in [0, 0.05) is 17.0 Å². The molecule has 0 saturated heterocycles. The molecule has 0 spiro atoms. The molecule has 38 heavy (non-hydrogen) atoms. The topological polar surface area (TPSA) is 85.7 Å². The number of hydrogen-bond acceptors (Lipinski definition) is 6. The van der Waals surface area contributed by atoms with Gasteiger partial charge in [0.25, 0.3) is 0 Å². The number of nitrogens with one attached hydrogen (secondary N) is 1. The van der Waals surface area contributed by atoms with Gasteiger partial charge in [-0.15, -0.1) is 11.8 Å². The number of thioether (sulfide) groups is 1. The second-order valence-electron chi connectivity index (χ2n) is 11.2. The third-order valence-electron chi connectivity index (χ3n) is 7.02. The van der Waals surface area contributed by atoms with E-state index < -0.39 is 0 Å². The molecule has 1 atom stereocenters. The normalized spacial score (nSPS) is 18.8. The van der Waals surface area contributed by atoms with Gasteiger partial charge < -0.3 is 14.8 Å². The van der Waals surface area contributed by atoms with Gasteiger partial charge in [-0.1, -0.05) is 44.5 Å². The minimum Gasteiger partial charge on any atom is -0.454 e. The van der Waals surface area contributed by atoms with Gasteiger partial charge in [-0.05, 0) is 49.6 Å². The predicted octanol–water partition coefficient (Wildman–Crippen LogP) is 4.65. The number of aromatic nitrogens is 2. The number of aryl methyl sites for hydroxylation is 1. The minimum atomic E-state index is -0.315. The van der Waals surface area contributed by atoms with E-state index in [4.69, 9.17) is 14.6 Å². The molecule has 3 heterocycles. The summed E-state index contributed by atoms with van der Waals surface area (Å²) >= 11 is 1.56. The van der Waals surface area contributed by atoms with Crippen molar-refractivity contribution in [1.29, 1.82) is 0 Å². The third kappa shape index (κ3) is 4.64. The van der Waals surface area contributed by atoms with Crippen molar-refractivity contribution < 1.29 is 19.1 Å². The van der Waals surface area contributed by atoms with Crippen molar-refractivity contribution in [2.24, 2.45) is 0 Å². The SMILES string of the molecule is Cc1ccc(-n2nc(C(C)(C)C)c3c2N(CC(=O)NC2CC2)C(=O)CSC3c2ccc3c(c2)OCO3)cc1. The zero-order valence-corrected chi connectivity index (χ0v) is 22.9. The van der Waals surface area contributed by atoms with E-state index in [9.17, 15) is 9.59 Å². The first-order chi connectivity index (χ1) is 18.2. The Hall–Kier alpha value is -3.46. The standard InChI is InChI=1S/C29H32N4O4S/c1-17-5-10-20(11-6-17)33-28-25(27(31-33)29(2,3)4)26(18-7-12-21-22(13-18)37-16-36-21)38-15-24(35)32(28)14-23(34)30-19-8-9-19/h5-7,10-13,19,26H,8-9,14-16H2,1-4H3,(H,30,34). The highest BCUT2D eigenvalue weighted by Crippen LogP contribution is 2.49. The summed E-state index contributed by atoms with van der Waals surface area (Å²) in [4.78, 5) is 28.4. The molecule has 6 rings (SSSR count). The summed E-state index contributed by atoms with van der Waals surface area (Å²) in [5, 5.41) is 8.00. The predicted molar refractivity (Wildman–Crippen MR) is 147 cm³/mol. The van der Waals surface area contributed by atoms with Gasteiger partial charge in [-0.25, -0.2) is 4.68 Å². The largest absolute Gasteiger partial charge is 0.454 e. The highest BCUT2D eigenvalue weighted by Gasteiger charge is 2.40. The summed E-state index contributed by atoms with van der Waals surface area (Å²) in [5.41, 5.74) is 4.52. The van der Waals surface area contributed by atoms with Crippen LogP contribution in [0.2, 0.25) is 0 Å². The van der Waals surface area contributed by atoms with Crippen molar-refractivity contribution in [3.63, 3.8) is 0 Å². The first-order valence-electron chi connectivity index (χ1n) is 13.0. The van der Waals surface area contributed by atoms with Gasteiger partial charge in [0.1, 0.15) is 12.4 Å². The number of hydrogen-bond donors (Lipinski definition) is 1. The number of nitrogens with zero attached hydrogens (tertiary/aromatic N) is 3. The Balaban J connectivity index is 1.56. The fraction of sp³-hybridized carbons (Fsp3) is 0.414. The number of ether oxygens (including phenoxy) is 2. The van der Waals surface area contributed by atoms with E-state index in [0.717, 1.165) is 40.9 Å². The maximum absolute atomic E-state index is 13.7. The summed E-state index contributed by atoms with van der Waals surface area (Å²) in [6.45, 7) is 8.59. The Labute approximate surface area is 226 Å². The van der Waals surface area contributed by atoms with Gasteiger partial charge >= 0.3 is 0 Å². The van der Waals surface area contributed by atoms with Crippen LogP contribution in [0, 0.1) is 6.92 Å². The Morgan fingerprint density at radius 3 is 2.55 bits per heavy atom. The van der Waals surface area contributed by atoms with Crippen LogP contribution >= 0.6 is 11.8 Å². The van der Waals surface area contributed by atoms with Crippen molar-refractivity contribution >= 4 is 29.4 Å². The van der Waals surface area contributed by atoms with Crippen molar-refractivity contribution in [2.75, 3.05) is 24.0 Å². The highest BCUT2D eigenvalue weighted by atomic mass is 32.2. The molecule has 2 amide bonds. The monoisotopic (exact) mass is 532 g/mol. The van der Waals surface area contributed by atoms with Crippen LogP contribution in [0.1, 0.15) is 61.2 Å². The number of carbonyl (C=O) groups excluding carboxylic acids is 2. The highest BCUT2D eigenvalue weighted by molar-refractivity contribution is 8.00. The molecule has 2 aromatic carbocycles. The fourth-order valence-corrected chi connectivity index (χ4v) is 6.11. The zero-order chi connectivity index (χ0) is 26.6. The molecule has 1 N–H and O–H groups in total. The molecule has 1 unspecified atom stereocenters. The lowest BCUT2D eigenvalue weighted by molar-refractivity contribution is -0.123. The maximum atomic E-state index is 13.7. The Kier molecular flexibility index (Phi) is 6.13. The van der Waals surface area contributed by atoms with E-state index in [1.807, 2.05) is 54.1 Å². The fourth-order valence-electron chi connectivity index (χ4n) is 4.92. The quantitative estimate of drug-likeness (QED) is 0.515. The lowest BCUT2D eigenvalue weighted by Crippen LogP contribution is -2.43. The summed E-state index contributed by atoms with van der Waals surface area (Å²) in [6, 6.07) is 14.3. The van der Waals surface area contributed by atoms with Crippen LogP contribution < -0.4 is 19.7 Å². The van der Waals surface area contributed by atoms with Gasteiger partial charge in [0.2, 0.25) is 18.6 Å². The number of rotatable bonds is 5. The number of carbonyl (C=O) groups is 2. The van der Waals surface area contributed by atoms with E-state index in [-0.39, 0.29) is 47.6 Å². The average molecular weight is 533 g/mol. The van der Waals surface area contributed by atoms with Gasteiger partial charge in [-0.3, -0.25) is 14.5 Å². The molecule has 1 aromatic heterocycles. The average Bonchev–Trinajstić information content (AvgIpc) is 3.44. The molecule has 0 bridgehead atoms. The molecule has 0 radical (unpaired) electrons. The molecular formula is C29H32N4O4S. The molecule has 3 aliphatic rings. The van der Waals surface area contributed by atoms with Crippen LogP contribution in [0.5, 0.6) is 11.5 Å². The minimum absolute atomic E-state index is 0.0438. The van der Waals surface area contributed by atoms with Crippen molar-refractivity contribution in [3.05, 3.63) is 64.8 Å². The van der Waals surface area contributed by atoms with Crippen LogP contribution in [0.4, 0.5) is 5.82 Å².